The smallest absolute Gasteiger partial charge is 0.268 e. The lowest BCUT2D eigenvalue weighted by Gasteiger charge is -2.26. The SMILES string of the molecule is COc1cccc2[nH]c(C(=O)N[C@H](C(=O)N[C@@H](C[C@@H]3CCNC3=O)C(N)=O)C3Cc4ccccc4C3)cc12. The Morgan fingerprint density at radius 3 is 2.45 bits per heavy atom. The number of hydrogen-bond donors (Lipinski definition) is 5. The van der Waals surface area contributed by atoms with Gasteiger partial charge in [-0.1, -0.05) is 30.3 Å². The van der Waals surface area contributed by atoms with Gasteiger partial charge in [-0.05, 0) is 60.9 Å². The van der Waals surface area contributed by atoms with E-state index in [2.05, 4.69) is 20.9 Å². The number of rotatable bonds is 9. The molecule has 3 aromatic rings. The lowest BCUT2D eigenvalue weighted by Crippen LogP contribution is -2.56. The van der Waals surface area contributed by atoms with Crippen LogP contribution in [0.2, 0.25) is 0 Å². The molecule has 4 amide bonds. The number of carbonyl (C=O) groups excluding carboxylic acids is 4. The van der Waals surface area contributed by atoms with Crippen molar-refractivity contribution in [3.05, 3.63) is 65.4 Å². The highest BCUT2D eigenvalue weighted by atomic mass is 16.5. The lowest BCUT2D eigenvalue weighted by atomic mass is 9.93. The number of ether oxygens (including phenoxy) is 1. The number of nitrogens with two attached hydrogens (primary N) is 1. The van der Waals surface area contributed by atoms with Crippen molar-refractivity contribution in [2.75, 3.05) is 13.7 Å². The molecule has 10 heteroatoms. The van der Waals surface area contributed by atoms with E-state index in [1.165, 1.54) is 0 Å². The van der Waals surface area contributed by atoms with Crippen molar-refractivity contribution < 1.29 is 23.9 Å². The fourth-order valence-electron chi connectivity index (χ4n) is 5.53. The molecule has 0 unspecified atom stereocenters. The Hall–Kier alpha value is -4.34. The first-order valence-corrected chi connectivity index (χ1v) is 12.7. The number of hydrogen-bond acceptors (Lipinski definition) is 5. The number of aromatic nitrogens is 1. The Morgan fingerprint density at radius 1 is 1.08 bits per heavy atom. The largest absolute Gasteiger partial charge is 0.496 e. The predicted molar refractivity (Wildman–Crippen MR) is 140 cm³/mol. The molecule has 1 fully saturated rings. The molecular weight excluding hydrogens is 486 g/mol. The Bertz CT molecular complexity index is 1370. The van der Waals surface area contributed by atoms with E-state index in [1.54, 1.807) is 19.2 Å². The second kappa shape index (κ2) is 10.6. The van der Waals surface area contributed by atoms with Gasteiger partial charge in [0, 0.05) is 23.4 Å². The van der Waals surface area contributed by atoms with E-state index in [0.29, 0.717) is 31.6 Å². The van der Waals surface area contributed by atoms with Gasteiger partial charge < -0.3 is 31.4 Å². The van der Waals surface area contributed by atoms with Crippen molar-refractivity contribution >= 4 is 34.5 Å². The van der Waals surface area contributed by atoms with Crippen LogP contribution >= 0.6 is 0 Å². The molecule has 0 saturated carbocycles. The molecule has 1 aliphatic carbocycles. The number of fused-ring (bicyclic) bond motifs is 2. The molecule has 10 nitrogen and oxygen atoms in total. The highest BCUT2D eigenvalue weighted by molar-refractivity contribution is 6.02. The van der Waals surface area contributed by atoms with E-state index in [-0.39, 0.29) is 23.9 Å². The van der Waals surface area contributed by atoms with Gasteiger partial charge in [0.05, 0.1) is 7.11 Å². The van der Waals surface area contributed by atoms with Crippen molar-refractivity contribution in [2.45, 2.75) is 37.8 Å². The highest BCUT2D eigenvalue weighted by Gasteiger charge is 2.37. The van der Waals surface area contributed by atoms with Gasteiger partial charge in [0.15, 0.2) is 0 Å². The normalized spacial score (nSPS) is 18.4. The van der Waals surface area contributed by atoms with Gasteiger partial charge in [0.25, 0.3) is 5.91 Å². The Kier molecular flexibility index (Phi) is 7.04. The number of carbonyl (C=O) groups is 4. The van der Waals surface area contributed by atoms with Gasteiger partial charge in [0.1, 0.15) is 23.5 Å². The van der Waals surface area contributed by atoms with Crippen LogP contribution in [0.4, 0.5) is 0 Å². The molecule has 0 spiro atoms. The number of benzene rings is 2. The third kappa shape index (κ3) is 5.06. The summed E-state index contributed by atoms with van der Waals surface area (Å²) in [6, 6.07) is 13.1. The second-order valence-corrected chi connectivity index (χ2v) is 9.97. The molecule has 3 atom stereocenters. The Labute approximate surface area is 219 Å². The van der Waals surface area contributed by atoms with E-state index in [9.17, 15) is 19.2 Å². The van der Waals surface area contributed by atoms with Gasteiger partial charge >= 0.3 is 0 Å². The number of primary amides is 1. The summed E-state index contributed by atoms with van der Waals surface area (Å²) in [5.74, 6) is -1.84. The van der Waals surface area contributed by atoms with Crippen molar-refractivity contribution in [3.8, 4) is 5.75 Å². The van der Waals surface area contributed by atoms with Crippen molar-refractivity contribution in [3.63, 3.8) is 0 Å². The fourth-order valence-corrected chi connectivity index (χ4v) is 5.53. The summed E-state index contributed by atoms with van der Waals surface area (Å²) in [5.41, 5.74) is 8.86. The van der Waals surface area contributed by atoms with Crippen molar-refractivity contribution in [2.24, 2.45) is 17.6 Å². The lowest BCUT2D eigenvalue weighted by molar-refractivity contribution is -0.130. The zero-order chi connectivity index (χ0) is 26.8. The number of H-pyrrole nitrogens is 1. The summed E-state index contributed by atoms with van der Waals surface area (Å²) in [7, 11) is 1.56. The molecule has 2 aliphatic rings. The van der Waals surface area contributed by atoms with Crippen LogP contribution < -0.4 is 26.4 Å². The number of methoxy groups -OCH3 is 1. The van der Waals surface area contributed by atoms with Crippen LogP contribution in [-0.4, -0.2) is 54.4 Å². The third-order valence-electron chi connectivity index (χ3n) is 7.55. The molecule has 0 bridgehead atoms. The second-order valence-electron chi connectivity index (χ2n) is 9.97. The average Bonchev–Trinajstić information content (AvgIpc) is 3.64. The van der Waals surface area contributed by atoms with E-state index in [4.69, 9.17) is 10.5 Å². The third-order valence-corrected chi connectivity index (χ3v) is 7.55. The molecule has 6 N–H and O–H groups in total. The van der Waals surface area contributed by atoms with Crippen LogP contribution in [0.15, 0.2) is 48.5 Å². The highest BCUT2D eigenvalue weighted by Crippen LogP contribution is 2.30. The minimum Gasteiger partial charge on any atom is -0.496 e. The summed E-state index contributed by atoms with van der Waals surface area (Å²) >= 11 is 0. The van der Waals surface area contributed by atoms with Gasteiger partial charge in [-0.25, -0.2) is 0 Å². The zero-order valence-corrected chi connectivity index (χ0v) is 21.1. The summed E-state index contributed by atoms with van der Waals surface area (Å²) in [5, 5.41) is 9.11. The number of aromatic amines is 1. The van der Waals surface area contributed by atoms with Gasteiger partial charge in [-0.2, -0.15) is 0 Å². The first-order chi connectivity index (χ1) is 18.3. The first kappa shape index (κ1) is 25.3. The van der Waals surface area contributed by atoms with E-state index < -0.39 is 35.7 Å². The standard InChI is InChI=1S/C28H31N5O5/c1-38-23-8-4-7-20-19(23)14-22(31-20)27(36)33-24(18-11-15-5-2-3-6-16(15)12-18)28(37)32-21(25(29)34)13-17-9-10-30-26(17)35/h2-8,14,17-18,21,24,31H,9-13H2,1H3,(H2,29,34)(H,30,35)(H,32,37)(H,33,36)/t17-,21-,24-/m0/s1. The van der Waals surface area contributed by atoms with Crippen LogP contribution in [0.25, 0.3) is 10.9 Å². The van der Waals surface area contributed by atoms with Crippen LogP contribution in [0, 0.1) is 11.8 Å². The van der Waals surface area contributed by atoms with Crippen LogP contribution in [0.3, 0.4) is 0 Å². The maximum absolute atomic E-state index is 13.6. The van der Waals surface area contributed by atoms with E-state index in [1.807, 2.05) is 36.4 Å². The summed E-state index contributed by atoms with van der Waals surface area (Å²) < 4.78 is 5.40. The molecule has 1 saturated heterocycles. The van der Waals surface area contributed by atoms with E-state index in [0.717, 1.165) is 22.0 Å². The minimum atomic E-state index is -1.03. The van der Waals surface area contributed by atoms with Crippen LogP contribution in [0.1, 0.15) is 34.5 Å². The van der Waals surface area contributed by atoms with Crippen molar-refractivity contribution in [1.29, 1.82) is 0 Å². The molecule has 1 aliphatic heterocycles. The Balaban J connectivity index is 1.38. The average molecular weight is 518 g/mol. The number of amides is 4. The zero-order valence-electron chi connectivity index (χ0n) is 21.1. The molecule has 0 radical (unpaired) electrons. The first-order valence-electron chi connectivity index (χ1n) is 12.7. The topological polar surface area (TPSA) is 155 Å². The van der Waals surface area contributed by atoms with Crippen LogP contribution in [0.5, 0.6) is 5.75 Å². The van der Waals surface area contributed by atoms with Gasteiger partial charge in [-0.3, -0.25) is 19.2 Å². The molecule has 2 aromatic carbocycles. The maximum Gasteiger partial charge on any atom is 0.268 e. The molecule has 1 aromatic heterocycles. The molecular formula is C28H31N5O5. The van der Waals surface area contributed by atoms with E-state index >= 15 is 0 Å². The molecule has 2 heterocycles. The number of nitrogens with one attached hydrogen (secondary N) is 4. The quantitative estimate of drug-likeness (QED) is 0.288. The monoisotopic (exact) mass is 517 g/mol. The van der Waals surface area contributed by atoms with Gasteiger partial charge in [0.2, 0.25) is 17.7 Å². The predicted octanol–water partition coefficient (Wildman–Crippen LogP) is 1.19. The Morgan fingerprint density at radius 2 is 1.82 bits per heavy atom. The van der Waals surface area contributed by atoms with Gasteiger partial charge in [-0.15, -0.1) is 0 Å². The maximum atomic E-state index is 13.6. The van der Waals surface area contributed by atoms with Crippen molar-refractivity contribution in [1.82, 2.24) is 20.9 Å². The minimum absolute atomic E-state index is 0.111. The summed E-state index contributed by atoms with van der Waals surface area (Å²) in [6.45, 7) is 0.525. The molecule has 5 rings (SSSR count). The fraction of sp³-hybridized carbons (Fsp3) is 0.357. The van der Waals surface area contributed by atoms with Crippen LogP contribution in [-0.2, 0) is 27.2 Å². The molecule has 38 heavy (non-hydrogen) atoms. The summed E-state index contributed by atoms with van der Waals surface area (Å²) in [6.07, 6.45) is 1.88. The molecule has 198 valence electrons. The summed E-state index contributed by atoms with van der Waals surface area (Å²) in [4.78, 5) is 54.4.